The van der Waals surface area contributed by atoms with Crippen LogP contribution in [0.1, 0.15) is 30.1 Å². The first-order valence-corrected chi connectivity index (χ1v) is 9.98. The fourth-order valence-corrected chi connectivity index (χ4v) is 3.99. The number of piperidine rings is 1. The van der Waals surface area contributed by atoms with E-state index in [2.05, 4.69) is 10.2 Å². The predicted octanol–water partition coefficient (Wildman–Crippen LogP) is 2.29. The van der Waals surface area contributed by atoms with E-state index in [9.17, 15) is 19.7 Å². The van der Waals surface area contributed by atoms with E-state index in [0.717, 1.165) is 11.8 Å². The van der Waals surface area contributed by atoms with Crippen LogP contribution in [-0.4, -0.2) is 56.2 Å². The average molecular weight is 419 g/mol. The molecule has 0 saturated carbocycles. The number of aromatic nitrogens is 3. The van der Waals surface area contributed by atoms with Gasteiger partial charge in [0.15, 0.2) is 5.16 Å². The molecule has 0 aliphatic carbocycles. The van der Waals surface area contributed by atoms with Gasteiger partial charge in [-0.15, -0.1) is 10.2 Å². The Morgan fingerprint density at radius 3 is 2.86 bits per heavy atom. The Kier molecular flexibility index (Phi) is 6.47. The van der Waals surface area contributed by atoms with Crippen molar-refractivity contribution in [2.75, 3.05) is 19.7 Å². The summed E-state index contributed by atoms with van der Waals surface area (Å²) in [7, 11) is 1.74. The molecule has 0 spiro atoms. The first-order valence-electron chi connectivity index (χ1n) is 9.17. The van der Waals surface area contributed by atoms with Crippen LogP contribution in [0.3, 0.4) is 0 Å². The van der Waals surface area contributed by atoms with Gasteiger partial charge in [-0.05, 0) is 43.7 Å². The highest BCUT2D eigenvalue weighted by Gasteiger charge is 2.30. The van der Waals surface area contributed by atoms with Gasteiger partial charge in [-0.25, -0.2) is 0 Å². The van der Waals surface area contributed by atoms with Crippen molar-refractivity contribution in [2.45, 2.75) is 29.8 Å². The summed E-state index contributed by atoms with van der Waals surface area (Å²) >= 11 is 1.10. The fourth-order valence-electron chi connectivity index (χ4n) is 3.14. The van der Waals surface area contributed by atoms with E-state index in [-0.39, 0.29) is 35.6 Å². The molecule has 1 atom stereocenters. The Morgan fingerprint density at radius 2 is 2.21 bits per heavy atom. The van der Waals surface area contributed by atoms with Crippen LogP contribution in [0.4, 0.5) is 5.69 Å². The molecule has 2 heterocycles. The third-order valence-corrected chi connectivity index (χ3v) is 5.72. The summed E-state index contributed by atoms with van der Waals surface area (Å²) in [5.74, 6) is -1.02. The molecule has 1 unspecified atom stereocenters. The van der Waals surface area contributed by atoms with Gasteiger partial charge in [-0.3, -0.25) is 19.7 Å². The van der Waals surface area contributed by atoms with Gasteiger partial charge >= 0.3 is 5.97 Å². The second-order valence-electron chi connectivity index (χ2n) is 6.61. The van der Waals surface area contributed by atoms with Gasteiger partial charge in [-0.1, -0.05) is 0 Å². The maximum Gasteiger partial charge on any atom is 0.310 e. The van der Waals surface area contributed by atoms with Gasteiger partial charge in [0, 0.05) is 31.8 Å². The van der Waals surface area contributed by atoms with Crippen LogP contribution in [0.5, 0.6) is 0 Å². The van der Waals surface area contributed by atoms with Crippen molar-refractivity contribution < 1.29 is 19.2 Å². The summed E-state index contributed by atoms with van der Waals surface area (Å²) in [6, 6.07) is 4.37. The van der Waals surface area contributed by atoms with Crippen LogP contribution >= 0.6 is 11.8 Å². The molecule has 1 saturated heterocycles. The van der Waals surface area contributed by atoms with Crippen molar-refractivity contribution in [3.8, 4) is 0 Å². The van der Waals surface area contributed by atoms with E-state index in [1.807, 2.05) is 0 Å². The van der Waals surface area contributed by atoms with Gasteiger partial charge in [0.1, 0.15) is 6.33 Å². The third kappa shape index (κ3) is 4.73. The van der Waals surface area contributed by atoms with Crippen molar-refractivity contribution in [3.05, 3.63) is 40.2 Å². The minimum Gasteiger partial charge on any atom is -0.466 e. The second kappa shape index (κ2) is 9.03. The summed E-state index contributed by atoms with van der Waals surface area (Å²) < 4.78 is 6.71. The van der Waals surface area contributed by atoms with Crippen LogP contribution in [0, 0.1) is 16.0 Å². The number of hydrogen-bond acceptors (Lipinski definition) is 8. The molecule has 29 heavy (non-hydrogen) atoms. The van der Waals surface area contributed by atoms with Crippen molar-refractivity contribution in [3.63, 3.8) is 0 Å². The Morgan fingerprint density at radius 1 is 1.41 bits per heavy atom. The molecule has 1 aromatic heterocycles. The number of nitrogens with zero attached hydrogens (tertiary/aromatic N) is 5. The quantitative estimate of drug-likeness (QED) is 0.397. The SMILES string of the molecule is CCOC(=O)C1CCCN(C(=O)c2ccc(Sc3nncn3C)c([N+](=O)[O-])c2)C1. The van der Waals surface area contributed by atoms with Crippen LogP contribution < -0.4 is 0 Å². The average Bonchev–Trinajstić information content (AvgIpc) is 3.12. The molecule has 0 N–H and O–H groups in total. The summed E-state index contributed by atoms with van der Waals surface area (Å²) in [6.07, 6.45) is 2.84. The Labute approximate surface area is 171 Å². The van der Waals surface area contributed by atoms with Gasteiger partial charge < -0.3 is 14.2 Å². The standard InChI is InChI=1S/C18H21N5O5S/c1-3-28-17(25)13-5-4-8-22(10-13)16(24)12-6-7-15(14(9-12)23(26)27)29-18-20-19-11-21(18)2/h6-7,9,11,13H,3-5,8,10H2,1-2H3. The smallest absolute Gasteiger partial charge is 0.310 e. The van der Waals surface area contributed by atoms with Crippen molar-refractivity contribution in [2.24, 2.45) is 13.0 Å². The van der Waals surface area contributed by atoms with Crippen LogP contribution in [0.15, 0.2) is 34.6 Å². The second-order valence-corrected chi connectivity index (χ2v) is 7.62. The number of hydrogen-bond donors (Lipinski definition) is 0. The minimum atomic E-state index is -0.521. The Balaban J connectivity index is 1.80. The molecule has 1 aliphatic rings. The van der Waals surface area contributed by atoms with E-state index in [4.69, 9.17) is 4.74 Å². The number of carbonyl (C=O) groups excluding carboxylic acids is 2. The Bertz CT molecular complexity index is 931. The lowest BCUT2D eigenvalue weighted by atomic mass is 9.97. The van der Waals surface area contributed by atoms with Gasteiger partial charge in [0.05, 0.1) is 22.3 Å². The molecule has 2 aromatic rings. The normalized spacial score (nSPS) is 16.5. The number of benzene rings is 1. The molecule has 10 nitrogen and oxygen atoms in total. The number of aryl methyl sites for hydroxylation is 1. The highest BCUT2D eigenvalue weighted by molar-refractivity contribution is 7.99. The molecular weight excluding hydrogens is 398 g/mol. The van der Waals surface area contributed by atoms with E-state index < -0.39 is 4.92 Å². The van der Waals surface area contributed by atoms with Gasteiger partial charge in [0.2, 0.25) is 0 Å². The summed E-state index contributed by atoms with van der Waals surface area (Å²) in [6.45, 7) is 2.78. The van der Waals surface area contributed by atoms with Crippen molar-refractivity contribution >= 4 is 29.3 Å². The molecule has 1 aliphatic heterocycles. The molecule has 1 fully saturated rings. The number of ether oxygens (including phenoxy) is 1. The number of nitro benzene ring substituents is 1. The molecular formula is C18H21N5O5S. The first-order chi connectivity index (χ1) is 13.9. The topological polar surface area (TPSA) is 120 Å². The summed E-state index contributed by atoms with van der Waals surface area (Å²) in [5.41, 5.74) is 0.0336. The molecule has 0 radical (unpaired) electrons. The zero-order chi connectivity index (χ0) is 21.0. The lowest BCUT2D eigenvalue weighted by molar-refractivity contribution is -0.387. The van der Waals surface area contributed by atoms with E-state index in [1.165, 1.54) is 18.5 Å². The van der Waals surface area contributed by atoms with Crippen LogP contribution in [0.2, 0.25) is 0 Å². The molecule has 11 heteroatoms. The third-order valence-electron chi connectivity index (χ3n) is 4.60. The number of esters is 1. The maximum absolute atomic E-state index is 12.9. The van der Waals surface area contributed by atoms with E-state index >= 15 is 0 Å². The van der Waals surface area contributed by atoms with Gasteiger partial charge in [0.25, 0.3) is 11.6 Å². The van der Waals surface area contributed by atoms with Crippen molar-refractivity contribution in [1.29, 1.82) is 0 Å². The highest BCUT2D eigenvalue weighted by Crippen LogP contribution is 2.34. The molecule has 1 amide bonds. The van der Waals surface area contributed by atoms with Gasteiger partial charge in [-0.2, -0.15) is 0 Å². The highest BCUT2D eigenvalue weighted by atomic mass is 32.2. The maximum atomic E-state index is 12.9. The molecule has 3 rings (SSSR count). The largest absolute Gasteiger partial charge is 0.466 e. The van der Waals surface area contributed by atoms with E-state index in [1.54, 1.807) is 29.5 Å². The molecule has 154 valence electrons. The monoisotopic (exact) mass is 419 g/mol. The Hall–Kier alpha value is -2.95. The molecule has 1 aromatic carbocycles. The summed E-state index contributed by atoms with van der Waals surface area (Å²) in [4.78, 5) is 37.9. The van der Waals surface area contributed by atoms with Crippen LogP contribution in [0.25, 0.3) is 0 Å². The van der Waals surface area contributed by atoms with Crippen molar-refractivity contribution in [1.82, 2.24) is 19.7 Å². The zero-order valence-electron chi connectivity index (χ0n) is 16.1. The number of rotatable bonds is 6. The lowest BCUT2D eigenvalue weighted by Crippen LogP contribution is -2.42. The predicted molar refractivity (Wildman–Crippen MR) is 103 cm³/mol. The summed E-state index contributed by atoms with van der Waals surface area (Å²) in [5, 5.41) is 19.7. The fraction of sp³-hybridized carbons (Fsp3) is 0.444. The number of nitro groups is 1. The van der Waals surface area contributed by atoms with Crippen LogP contribution in [-0.2, 0) is 16.6 Å². The zero-order valence-corrected chi connectivity index (χ0v) is 16.9. The number of amides is 1. The van der Waals surface area contributed by atoms with E-state index in [0.29, 0.717) is 36.0 Å². The minimum absolute atomic E-state index is 0.178. The number of carbonyl (C=O) groups is 2. The lowest BCUT2D eigenvalue weighted by Gasteiger charge is -2.31. The number of likely N-dealkylation sites (tertiary alicyclic amines) is 1. The molecule has 0 bridgehead atoms. The first kappa shape index (κ1) is 20.8.